The molecule has 2 aromatic rings. The van der Waals surface area contributed by atoms with Crippen LogP contribution in [-0.2, 0) is 11.3 Å². The number of nitrogens with zero attached hydrogens (tertiary/aromatic N) is 1. The van der Waals surface area contributed by atoms with E-state index in [0.29, 0.717) is 11.1 Å². The second-order valence-corrected chi connectivity index (χ2v) is 4.53. The number of esters is 1. The van der Waals surface area contributed by atoms with Gasteiger partial charge in [0.25, 0.3) is 0 Å². The van der Waals surface area contributed by atoms with Crippen LogP contribution in [0.5, 0.6) is 11.6 Å². The summed E-state index contributed by atoms with van der Waals surface area (Å²) in [6.45, 7) is 5.21. The minimum atomic E-state index is -0.669. The van der Waals surface area contributed by atoms with Crippen molar-refractivity contribution in [2.45, 2.75) is 13.5 Å². The summed E-state index contributed by atoms with van der Waals surface area (Å²) >= 11 is 0. The van der Waals surface area contributed by atoms with Gasteiger partial charge in [-0.1, -0.05) is 18.7 Å². The fraction of sp³-hybridized carbons (Fsp3) is 0.176. The minimum Gasteiger partial charge on any atom is -0.462 e. The van der Waals surface area contributed by atoms with E-state index in [0.717, 1.165) is 6.07 Å². The molecule has 120 valence electrons. The van der Waals surface area contributed by atoms with Crippen LogP contribution in [0.3, 0.4) is 0 Å². The number of pyridine rings is 1. The lowest BCUT2D eigenvalue weighted by atomic mass is 10.1. The number of halogens is 1. The number of ether oxygens (including phenoxy) is 2. The maximum absolute atomic E-state index is 14.0. The van der Waals surface area contributed by atoms with E-state index in [1.807, 2.05) is 0 Å². The molecule has 5 nitrogen and oxygen atoms in total. The van der Waals surface area contributed by atoms with E-state index in [2.05, 4.69) is 11.6 Å². The van der Waals surface area contributed by atoms with Crippen molar-refractivity contribution in [2.75, 3.05) is 6.61 Å². The summed E-state index contributed by atoms with van der Waals surface area (Å²) in [5.41, 5.74) is 0.962. The van der Waals surface area contributed by atoms with Crippen molar-refractivity contribution >= 4 is 12.0 Å². The summed E-state index contributed by atoms with van der Waals surface area (Å²) in [7, 11) is 0. The summed E-state index contributed by atoms with van der Waals surface area (Å²) in [5.74, 6) is -1.48. The topological polar surface area (TPSA) is 68.7 Å². The average Bonchev–Trinajstić information content (AvgIpc) is 2.56. The first kappa shape index (κ1) is 16.6. The van der Waals surface area contributed by atoms with Gasteiger partial charge in [-0.25, -0.2) is 14.2 Å². The third-order valence-corrected chi connectivity index (χ3v) is 3.03. The first-order valence-corrected chi connectivity index (χ1v) is 6.96. The Morgan fingerprint density at radius 1 is 1.43 bits per heavy atom. The van der Waals surface area contributed by atoms with Crippen molar-refractivity contribution in [1.82, 2.24) is 4.98 Å². The first-order chi connectivity index (χ1) is 11.1. The quantitative estimate of drug-likeness (QED) is 0.828. The van der Waals surface area contributed by atoms with Gasteiger partial charge in [0.1, 0.15) is 5.56 Å². The Labute approximate surface area is 133 Å². The largest absolute Gasteiger partial charge is 0.462 e. The Hall–Kier alpha value is -2.73. The van der Waals surface area contributed by atoms with Crippen LogP contribution in [0, 0.1) is 5.82 Å². The van der Waals surface area contributed by atoms with Gasteiger partial charge in [-0.15, -0.1) is 0 Å². The predicted octanol–water partition coefficient (Wildman–Crippen LogP) is 3.33. The van der Waals surface area contributed by atoms with E-state index in [-0.39, 0.29) is 30.4 Å². The van der Waals surface area contributed by atoms with E-state index >= 15 is 0 Å². The summed E-state index contributed by atoms with van der Waals surface area (Å²) in [5, 5.41) is 8.99. The van der Waals surface area contributed by atoms with Crippen LogP contribution in [0.15, 0.2) is 37.0 Å². The molecule has 1 N–H and O–H groups in total. The lowest BCUT2D eigenvalue weighted by molar-refractivity contribution is 0.0522. The van der Waals surface area contributed by atoms with Crippen LogP contribution in [0.4, 0.5) is 4.39 Å². The van der Waals surface area contributed by atoms with Gasteiger partial charge in [-0.2, -0.15) is 0 Å². The number of benzene rings is 1. The Bertz CT molecular complexity index is 731. The molecule has 1 aromatic carbocycles. The van der Waals surface area contributed by atoms with Gasteiger partial charge in [0, 0.05) is 6.20 Å². The number of aliphatic hydroxyl groups is 1. The first-order valence-electron chi connectivity index (χ1n) is 6.96. The van der Waals surface area contributed by atoms with E-state index in [1.165, 1.54) is 24.4 Å². The molecule has 0 atom stereocenters. The van der Waals surface area contributed by atoms with Gasteiger partial charge in [0.2, 0.25) is 5.88 Å². The SMILES string of the molecule is C=Cc1ccnc(Oc2ccc(CO)cc2F)c1C(=O)OCC. The standard InChI is InChI=1S/C17H16FNO4/c1-3-12-7-8-19-16(15(12)17(21)22-4-2)23-14-6-5-11(10-20)9-13(14)18/h3,5-9,20H,1,4,10H2,2H3. The zero-order chi connectivity index (χ0) is 16.8. The highest BCUT2D eigenvalue weighted by Crippen LogP contribution is 2.29. The van der Waals surface area contributed by atoms with Crippen molar-refractivity contribution in [3.05, 3.63) is 59.5 Å². The molecule has 1 heterocycles. The highest BCUT2D eigenvalue weighted by atomic mass is 19.1. The number of carbonyl (C=O) groups excluding carboxylic acids is 1. The van der Waals surface area contributed by atoms with Gasteiger partial charge in [-0.05, 0) is 36.2 Å². The lowest BCUT2D eigenvalue weighted by Gasteiger charge is -2.12. The third-order valence-electron chi connectivity index (χ3n) is 3.03. The molecule has 0 unspecified atom stereocenters. The molecule has 2 rings (SSSR count). The second kappa shape index (κ2) is 7.51. The molecule has 0 spiro atoms. The molecule has 0 saturated heterocycles. The molecule has 0 radical (unpaired) electrons. The number of rotatable bonds is 6. The number of aromatic nitrogens is 1. The molecule has 0 aliphatic carbocycles. The second-order valence-electron chi connectivity index (χ2n) is 4.53. The minimum absolute atomic E-state index is 0.0727. The van der Waals surface area contributed by atoms with Crippen LogP contribution < -0.4 is 4.74 Å². The van der Waals surface area contributed by atoms with Crippen LogP contribution in [0.2, 0.25) is 0 Å². The van der Waals surface area contributed by atoms with Crippen LogP contribution in [0.25, 0.3) is 6.08 Å². The van der Waals surface area contributed by atoms with Gasteiger partial charge in [-0.3, -0.25) is 0 Å². The van der Waals surface area contributed by atoms with Crippen molar-refractivity contribution < 1.29 is 23.8 Å². The molecule has 0 bridgehead atoms. The summed E-state index contributed by atoms with van der Waals surface area (Å²) < 4.78 is 24.4. The Morgan fingerprint density at radius 3 is 2.83 bits per heavy atom. The van der Waals surface area contributed by atoms with Crippen LogP contribution in [-0.4, -0.2) is 22.7 Å². The fourth-order valence-electron chi connectivity index (χ4n) is 1.94. The van der Waals surface area contributed by atoms with Gasteiger partial charge in [0.05, 0.1) is 13.2 Å². The highest BCUT2D eigenvalue weighted by Gasteiger charge is 2.20. The molecule has 6 heteroatoms. The van der Waals surface area contributed by atoms with Gasteiger partial charge < -0.3 is 14.6 Å². The van der Waals surface area contributed by atoms with E-state index in [4.69, 9.17) is 14.6 Å². The molecule has 0 aliphatic rings. The maximum atomic E-state index is 14.0. The predicted molar refractivity (Wildman–Crippen MR) is 82.7 cm³/mol. The van der Waals surface area contributed by atoms with E-state index in [1.54, 1.807) is 13.0 Å². The zero-order valence-corrected chi connectivity index (χ0v) is 12.6. The molecular weight excluding hydrogens is 301 g/mol. The maximum Gasteiger partial charge on any atom is 0.344 e. The Kier molecular flexibility index (Phi) is 5.43. The summed E-state index contributed by atoms with van der Waals surface area (Å²) in [6.07, 6.45) is 2.89. The monoisotopic (exact) mass is 317 g/mol. The van der Waals surface area contributed by atoms with Crippen molar-refractivity contribution in [2.24, 2.45) is 0 Å². The highest BCUT2D eigenvalue weighted by molar-refractivity contribution is 5.96. The van der Waals surface area contributed by atoms with Crippen LogP contribution in [0.1, 0.15) is 28.4 Å². The summed E-state index contributed by atoms with van der Waals surface area (Å²) in [4.78, 5) is 16.1. The normalized spacial score (nSPS) is 10.2. The van der Waals surface area contributed by atoms with E-state index in [9.17, 15) is 9.18 Å². The third kappa shape index (κ3) is 3.73. The molecule has 0 aliphatic heterocycles. The van der Waals surface area contributed by atoms with Crippen molar-refractivity contribution in [3.63, 3.8) is 0 Å². The van der Waals surface area contributed by atoms with Gasteiger partial charge in [0.15, 0.2) is 11.6 Å². The number of carbonyl (C=O) groups is 1. The Morgan fingerprint density at radius 2 is 2.22 bits per heavy atom. The fourth-order valence-corrected chi connectivity index (χ4v) is 1.94. The molecule has 1 aromatic heterocycles. The smallest absolute Gasteiger partial charge is 0.344 e. The van der Waals surface area contributed by atoms with Gasteiger partial charge >= 0.3 is 5.97 Å². The number of hydrogen-bond donors (Lipinski definition) is 1. The Balaban J connectivity index is 2.43. The van der Waals surface area contributed by atoms with E-state index < -0.39 is 11.8 Å². The number of aliphatic hydroxyl groups excluding tert-OH is 1. The lowest BCUT2D eigenvalue weighted by Crippen LogP contribution is -2.10. The van der Waals surface area contributed by atoms with Crippen LogP contribution >= 0.6 is 0 Å². The molecular formula is C17H16FNO4. The van der Waals surface area contributed by atoms with Crippen molar-refractivity contribution in [1.29, 1.82) is 0 Å². The summed E-state index contributed by atoms with van der Waals surface area (Å²) in [6, 6.07) is 5.60. The molecule has 0 saturated carbocycles. The number of hydrogen-bond acceptors (Lipinski definition) is 5. The zero-order valence-electron chi connectivity index (χ0n) is 12.6. The molecule has 0 amide bonds. The molecule has 23 heavy (non-hydrogen) atoms. The van der Waals surface area contributed by atoms with Crippen molar-refractivity contribution in [3.8, 4) is 11.6 Å². The average molecular weight is 317 g/mol. The molecule has 0 fully saturated rings.